The molecule has 96 valence electrons. The van der Waals surface area contributed by atoms with Crippen molar-refractivity contribution >= 4 is 11.3 Å². The summed E-state index contributed by atoms with van der Waals surface area (Å²) in [5.74, 6) is 0.465. The molecular formula is C14H16FNOS. The fraction of sp³-hybridized carbons (Fsp3) is 0.286. The van der Waals surface area contributed by atoms with Crippen LogP contribution in [0.5, 0.6) is 5.75 Å². The van der Waals surface area contributed by atoms with Gasteiger partial charge in [0.25, 0.3) is 0 Å². The first-order valence-corrected chi connectivity index (χ1v) is 6.89. The third-order valence-corrected chi connectivity index (χ3v) is 3.26. The summed E-state index contributed by atoms with van der Waals surface area (Å²) < 4.78 is 18.1. The molecular weight excluding hydrogens is 249 g/mol. The van der Waals surface area contributed by atoms with Gasteiger partial charge in [0.15, 0.2) is 0 Å². The van der Waals surface area contributed by atoms with Crippen molar-refractivity contribution in [2.75, 3.05) is 19.7 Å². The zero-order valence-electron chi connectivity index (χ0n) is 10.1. The predicted octanol–water partition coefficient (Wildman–Crippen LogP) is 3.10. The molecule has 0 aliphatic carbocycles. The molecule has 0 bridgehead atoms. The molecule has 0 saturated heterocycles. The Labute approximate surface area is 110 Å². The molecule has 2 rings (SSSR count). The predicted molar refractivity (Wildman–Crippen MR) is 72.8 cm³/mol. The van der Waals surface area contributed by atoms with E-state index in [-0.39, 0.29) is 5.82 Å². The Morgan fingerprint density at radius 3 is 2.67 bits per heavy atom. The fourth-order valence-electron chi connectivity index (χ4n) is 1.56. The van der Waals surface area contributed by atoms with Crippen LogP contribution < -0.4 is 10.1 Å². The van der Waals surface area contributed by atoms with Gasteiger partial charge in [0.05, 0.1) is 0 Å². The summed E-state index contributed by atoms with van der Waals surface area (Å²) in [5.41, 5.74) is 1.37. The minimum Gasteiger partial charge on any atom is -0.492 e. The second-order valence-electron chi connectivity index (χ2n) is 3.93. The van der Waals surface area contributed by atoms with E-state index in [0.29, 0.717) is 12.4 Å². The zero-order valence-corrected chi connectivity index (χ0v) is 10.9. The maximum atomic E-state index is 12.6. The first-order valence-electron chi connectivity index (χ1n) is 5.95. The normalized spacial score (nSPS) is 10.5. The number of nitrogens with one attached hydrogen (secondary N) is 1. The van der Waals surface area contributed by atoms with Gasteiger partial charge < -0.3 is 10.1 Å². The van der Waals surface area contributed by atoms with Gasteiger partial charge in [0.1, 0.15) is 18.2 Å². The monoisotopic (exact) mass is 265 g/mol. The van der Waals surface area contributed by atoms with Crippen molar-refractivity contribution in [2.45, 2.75) is 6.42 Å². The van der Waals surface area contributed by atoms with Gasteiger partial charge in [-0.1, -0.05) is 0 Å². The van der Waals surface area contributed by atoms with Crippen LogP contribution in [-0.4, -0.2) is 19.7 Å². The van der Waals surface area contributed by atoms with Crippen LogP contribution in [0.15, 0.2) is 41.1 Å². The topological polar surface area (TPSA) is 21.3 Å². The lowest BCUT2D eigenvalue weighted by molar-refractivity contribution is 0.314. The molecule has 18 heavy (non-hydrogen) atoms. The Hall–Kier alpha value is -1.39. The molecule has 0 spiro atoms. The maximum Gasteiger partial charge on any atom is 0.123 e. The van der Waals surface area contributed by atoms with Crippen LogP contribution >= 0.6 is 11.3 Å². The third kappa shape index (κ3) is 4.47. The van der Waals surface area contributed by atoms with Gasteiger partial charge in [-0.2, -0.15) is 11.3 Å². The smallest absolute Gasteiger partial charge is 0.123 e. The zero-order chi connectivity index (χ0) is 12.6. The van der Waals surface area contributed by atoms with Crippen molar-refractivity contribution < 1.29 is 9.13 Å². The number of hydrogen-bond donors (Lipinski definition) is 1. The Bertz CT molecular complexity index is 441. The first kappa shape index (κ1) is 13.1. The molecule has 0 saturated carbocycles. The summed E-state index contributed by atoms with van der Waals surface area (Å²) >= 11 is 1.72. The summed E-state index contributed by atoms with van der Waals surface area (Å²) in [4.78, 5) is 0. The Balaban J connectivity index is 1.55. The molecule has 1 aromatic carbocycles. The van der Waals surface area contributed by atoms with E-state index < -0.39 is 0 Å². The summed E-state index contributed by atoms with van der Waals surface area (Å²) in [6.07, 6.45) is 1.04. The summed E-state index contributed by atoms with van der Waals surface area (Å²) in [6, 6.07) is 8.22. The number of rotatable bonds is 7. The van der Waals surface area contributed by atoms with Crippen LogP contribution in [-0.2, 0) is 6.42 Å². The van der Waals surface area contributed by atoms with Crippen molar-refractivity contribution in [3.05, 3.63) is 52.5 Å². The van der Waals surface area contributed by atoms with Gasteiger partial charge in [-0.05, 0) is 59.6 Å². The SMILES string of the molecule is Fc1ccc(OCCNCCc2ccsc2)cc1. The molecule has 0 fully saturated rings. The molecule has 0 aliphatic heterocycles. The van der Waals surface area contributed by atoms with E-state index in [1.54, 1.807) is 23.5 Å². The van der Waals surface area contributed by atoms with Crippen molar-refractivity contribution in [2.24, 2.45) is 0 Å². The number of ether oxygens (including phenoxy) is 1. The first-order chi connectivity index (χ1) is 8.84. The number of benzene rings is 1. The summed E-state index contributed by atoms with van der Waals surface area (Å²) in [6.45, 7) is 2.33. The highest BCUT2D eigenvalue weighted by molar-refractivity contribution is 7.07. The summed E-state index contributed by atoms with van der Waals surface area (Å²) in [7, 11) is 0. The maximum absolute atomic E-state index is 12.6. The van der Waals surface area contributed by atoms with Crippen LogP contribution in [0.2, 0.25) is 0 Å². The van der Waals surface area contributed by atoms with Gasteiger partial charge in [0, 0.05) is 6.54 Å². The van der Waals surface area contributed by atoms with Crippen molar-refractivity contribution in [3.8, 4) is 5.75 Å². The van der Waals surface area contributed by atoms with E-state index in [9.17, 15) is 4.39 Å². The standard InChI is InChI=1S/C14H16FNOS/c15-13-1-3-14(4-2-13)17-9-8-16-7-5-12-6-10-18-11-12/h1-4,6,10-11,16H,5,7-9H2. The van der Waals surface area contributed by atoms with Crippen LogP contribution in [0, 0.1) is 5.82 Å². The highest BCUT2D eigenvalue weighted by atomic mass is 32.1. The van der Waals surface area contributed by atoms with E-state index in [0.717, 1.165) is 19.5 Å². The van der Waals surface area contributed by atoms with Crippen LogP contribution in [0.1, 0.15) is 5.56 Å². The molecule has 0 atom stereocenters. The molecule has 1 N–H and O–H groups in total. The van der Waals surface area contributed by atoms with E-state index in [4.69, 9.17) is 4.74 Å². The molecule has 2 nitrogen and oxygen atoms in total. The lowest BCUT2D eigenvalue weighted by Crippen LogP contribution is -2.23. The van der Waals surface area contributed by atoms with Crippen molar-refractivity contribution in [1.29, 1.82) is 0 Å². The highest BCUT2D eigenvalue weighted by Gasteiger charge is 1.95. The van der Waals surface area contributed by atoms with Crippen molar-refractivity contribution in [1.82, 2.24) is 5.32 Å². The molecule has 0 radical (unpaired) electrons. The van der Waals surface area contributed by atoms with Gasteiger partial charge in [0.2, 0.25) is 0 Å². The van der Waals surface area contributed by atoms with Gasteiger partial charge in [-0.15, -0.1) is 0 Å². The highest BCUT2D eigenvalue weighted by Crippen LogP contribution is 2.10. The van der Waals surface area contributed by atoms with E-state index >= 15 is 0 Å². The van der Waals surface area contributed by atoms with Crippen LogP contribution in [0.4, 0.5) is 4.39 Å². The Morgan fingerprint density at radius 2 is 1.94 bits per heavy atom. The van der Waals surface area contributed by atoms with Crippen molar-refractivity contribution in [3.63, 3.8) is 0 Å². The number of thiophene rings is 1. The quantitative estimate of drug-likeness (QED) is 0.777. The number of hydrogen-bond acceptors (Lipinski definition) is 3. The number of halogens is 1. The Morgan fingerprint density at radius 1 is 1.11 bits per heavy atom. The fourth-order valence-corrected chi connectivity index (χ4v) is 2.27. The lowest BCUT2D eigenvalue weighted by atomic mass is 10.2. The molecule has 1 heterocycles. The minimum absolute atomic E-state index is 0.240. The average molecular weight is 265 g/mol. The molecule has 0 amide bonds. The minimum atomic E-state index is -0.240. The van der Waals surface area contributed by atoms with Crippen LogP contribution in [0.25, 0.3) is 0 Å². The largest absolute Gasteiger partial charge is 0.492 e. The third-order valence-electron chi connectivity index (χ3n) is 2.53. The lowest BCUT2D eigenvalue weighted by Gasteiger charge is -2.07. The average Bonchev–Trinajstić information content (AvgIpc) is 2.89. The van der Waals surface area contributed by atoms with Gasteiger partial charge in [-0.3, -0.25) is 0 Å². The molecule has 4 heteroatoms. The summed E-state index contributed by atoms with van der Waals surface area (Å²) in [5, 5.41) is 7.56. The molecule has 0 aliphatic rings. The second-order valence-corrected chi connectivity index (χ2v) is 4.71. The van der Waals surface area contributed by atoms with E-state index in [1.807, 2.05) is 0 Å². The molecule has 1 aromatic heterocycles. The molecule has 0 unspecified atom stereocenters. The van der Waals surface area contributed by atoms with E-state index in [2.05, 4.69) is 22.1 Å². The van der Waals surface area contributed by atoms with Gasteiger partial charge in [-0.25, -0.2) is 4.39 Å². The van der Waals surface area contributed by atoms with E-state index in [1.165, 1.54) is 17.7 Å². The molecule has 2 aromatic rings. The van der Waals surface area contributed by atoms with Gasteiger partial charge >= 0.3 is 0 Å². The Kier molecular flexibility index (Phi) is 5.17. The van der Waals surface area contributed by atoms with Crippen LogP contribution in [0.3, 0.4) is 0 Å². The second kappa shape index (κ2) is 7.13.